The van der Waals surface area contributed by atoms with Crippen molar-refractivity contribution >= 4 is 5.97 Å². The highest BCUT2D eigenvalue weighted by atomic mass is 16.5. The fourth-order valence-corrected chi connectivity index (χ4v) is 2.05. The SMILES string of the molecule is CCOC(=O)C=C(C)C1CCCCC1. The van der Waals surface area contributed by atoms with Crippen LogP contribution in [0.3, 0.4) is 0 Å². The van der Waals surface area contributed by atoms with Gasteiger partial charge in [0.15, 0.2) is 0 Å². The van der Waals surface area contributed by atoms with Crippen LogP contribution in [0.1, 0.15) is 46.0 Å². The lowest BCUT2D eigenvalue weighted by Crippen LogP contribution is -2.09. The normalized spacial score (nSPS) is 19.4. The quantitative estimate of drug-likeness (QED) is 0.512. The Hall–Kier alpha value is -0.790. The highest BCUT2D eigenvalue weighted by Crippen LogP contribution is 2.29. The smallest absolute Gasteiger partial charge is 0.330 e. The van der Waals surface area contributed by atoms with E-state index >= 15 is 0 Å². The number of hydrogen-bond acceptors (Lipinski definition) is 2. The van der Waals surface area contributed by atoms with Gasteiger partial charge in [0.2, 0.25) is 0 Å². The Morgan fingerprint density at radius 2 is 2.00 bits per heavy atom. The zero-order valence-electron chi connectivity index (χ0n) is 9.21. The molecule has 0 N–H and O–H groups in total. The van der Waals surface area contributed by atoms with E-state index in [1.165, 1.54) is 37.7 Å². The molecule has 1 aliphatic carbocycles. The molecule has 14 heavy (non-hydrogen) atoms. The van der Waals surface area contributed by atoms with Crippen LogP contribution in [-0.2, 0) is 9.53 Å². The highest BCUT2D eigenvalue weighted by Gasteiger charge is 2.15. The third kappa shape index (κ3) is 3.52. The van der Waals surface area contributed by atoms with E-state index in [0.717, 1.165) is 0 Å². The molecule has 0 aliphatic heterocycles. The number of hydrogen-bond donors (Lipinski definition) is 0. The first-order valence-corrected chi connectivity index (χ1v) is 5.59. The van der Waals surface area contributed by atoms with Crippen LogP contribution >= 0.6 is 0 Å². The van der Waals surface area contributed by atoms with Gasteiger partial charge in [-0.25, -0.2) is 4.79 Å². The van der Waals surface area contributed by atoms with Crippen molar-refractivity contribution in [3.8, 4) is 0 Å². The summed E-state index contributed by atoms with van der Waals surface area (Å²) in [7, 11) is 0. The van der Waals surface area contributed by atoms with E-state index in [1.54, 1.807) is 6.08 Å². The standard InChI is InChI=1S/C12H20O2/c1-3-14-12(13)9-10(2)11-7-5-4-6-8-11/h9,11H,3-8H2,1-2H3. The van der Waals surface area contributed by atoms with Crippen molar-refractivity contribution in [2.45, 2.75) is 46.0 Å². The lowest BCUT2D eigenvalue weighted by atomic mass is 9.84. The molecule has 0 bridgehead atoms. The molecule has 0 spiro atoms. The van der Waals surface area contributed by atoms with Crippen LogP contribution < -0.4 is 0 Å². The molecule has 0 aromatic carbocycles. The van der Waals surface area contributed by atoms with E-state index < -0.39 is 0 Å². The van der Waals surface area contributed by atoms with Gasteiger partial charge in [-0.3, -0.25) is 0 Å². The number of carbonyl (C=O) groups is 1. The largest absolute Gasteiger partial charge is 0.463 e. The second kappa shape index (κ2) is 5.84. The van der Waals surface area contributed by atoms with E-state index in [1.807, 2.05) is 13.8 Å². The van der Waals surface area contributed by atoms with Crippen molar-refractivity contribution in [1.82, 2.24) is 0 Å². The van der Waals surface area contributed by atoms with Gasteiger partial charge < -0.3 is 4.74 Å². The van der Waals surface area contributed by atoms with Gasteiger partial charge in [-0.2, -0.15) is 0 Å². The van der Waals surface area contributed by atoms with Crippen molar-refractivity contribution in [2.24, 2.45) is 5.92 Å². The zero-order valence-corrected chi connectivity index (χ0v) is 9.21. The van der Waals surface area contributed by atoms with Crippen molar-refractivity contribution < 1.29 is 9.53 Å². The van der Waals surface area contributed by atoms with Crippen molar-refractivity contribution in [3.63, 3.8) is 0 Å². The molecule has 1 aliphatic rings. The van der Waals surface area contributed by atoms with Crippen LogP contribution in [0.15, 0.2) is 11.6 Å². The van der Waals surface area contributed by atoms with Gasteiger partial charge in [-0.15, -0.1) is 0 Å². The van der Waals surface area contributed by atoms with E-state index in [-0.39, 0.29) is 5.97 Å². The van der Waals surface area contributed by atoms with Crippen LogP contribution in [-0.4, -0.2) is 12.6 Å². The van der Waals surface area contributed by atoms with Crippen LogP contribution in [0.5, 0.6) is 0 Å². The number of ether oxygens (including phenoxy) is 1. The lowest BCUT2D eigenvalue weighted by molar-refractivity contribution is -0.137. The van der Waals surface area contributed by atoms with E-state index in [4.69, 9.17) is 4.74 Å². The van der Waals surface area contributed by atoms with E-state index in [9.17, 15) is 4.79 Å². The van der Waals surface area contributed by atoms with Crippen molar-refractivity contribution in [2.75, 3.05) is 6.61 Å². The van der Waals surface area contributed by atoms with E-state index in [2.05, 4.69) is 0 Å². The lowest BCUT2D eigenvalue weighted by Gasteiger charge is -2.22. The van der Waals surface area contributed by atoms with Gasteiger partial charge >= 0.3 is 5.97 Å². The summed E-state index contributed by atoms with van der Waals surface area (Å²) in [5, 5.41) is 0. The molecule has 0 aromatic heterocycles. The first-order chi connectivity index (χ1) is 6.74. The molecule has 80 valence electrons. The predicted octanol–water partition coefficient (Wildman–Crippen LogP) is 3.08. The Bertz CT molecular complexity index is 212. The minimum atomic E-state index is -0.185. The third-order valence-electron chi connectivity index (χ3n) is 2.88. The molecule has 0 radical (unpaired) electrons. The number of carbonyl (C=O) groups excluding carboxylic acids is 1. The predicted molar refractivity (Wildman–Crippen MR) is 57.0 cm³/mol. The maximum Gasteiger partial charge on any atom is 0.330 e. The molecular weight excluding hydrogens is 176 g/mol. The van der Waals surface area contributed by atoms with Crippen LogP contribution in [0.4, 0.5) is 0 Å². The topological polar surface area (TPSA) is 26.3 Å². The van der Waals surface area contributed by atoms with Gasteiger partial charge in [-0.1, -0.05) is 24.8 Å². The molecule has 1 saturated carbocycles. The molecule has 0 atom stereocenters. The first-order valence-electron chi connectivity index (χ1n) is 5.59. The summed E-state index contributed by atoms with van der Waals surface area (Å²) in [5.74, 6) is 0.434. The fourth-order valence-electron chi connectivity index (χ4n) is 2.05. The highest BCUT2D eigenvalue weighted by molar-refractivity contribution is 5.82. The summed E-state index contributed by atoms with van der Waals surface area (Å²) < 4.78 is 4.89. The summed E-state index contributed by atoms with van der Waals surface area (Å²) in [6.07, 6.45) is 8.10. The Kier molecular flexibility index (Phi) is 4.71. The zero-order chi connectivity index (χ0) is 10.4. The van der Waals surface area contributed by atoms with E-state index in [0.29, 0.717) is 12.5 Å². The van der Waals surface area contributed by atoms with Gasteiger partial charge in [0, 0.05) is 6.08 Å². The third-order valence-corrected chi connectivity index (χ3v) is 2.88. The summed E-state index contributed by atoms with van der Waals surface area (Å²) in [4.78, 5) is 11.2. The summed E-state index contributed by atoms with van der Waals surface area (Å²) in [5.41, 5.74) is 1.20. The Balaban J connectivity index is 2.44. The molecular formula is C12H20O2. The average Bonchev–Trinajstić information content (AvgIpc) is 2.19. The fraction of sp³-hybridized carbons (Fsp3) is 0.750. The molecule has 0 saturated heterocycles. The molecule has 0 aromatic rings. The number of rotatable bonds is 3. The molecule has 1 rings (SSSR count). The van der Waals surface area contributed by atoms with Gasteiger partial charge in [0.1, 0.15) is 0 Å². The minimum absolute atomic E-state index is 0.185. The molecule has 0 unspecified atom stereocenters. The molecule has 1 fully saturated rings. The van der Waals surface area contributed by atoms with Gasteiger partial charge in [0.25, 0.3) is 0 Å². The van der Waals surface area contributed by atoms with Crippen LogP contribution in [0, 0.1) is 5.92 Å². The van der Waals surface area contributed by atoms with Crippen LogP contribution in [0.2, 0.25) is 0 Å². The Morgan fingerprint density at radius 1 is 1.36 bits per heavy atom. The van der Waals surface area contributed by atoms with Crippen molar-refractivity contribution in [1.29, 1.82) is 0 Å². The average molecular weight is 196 g/mol. The van der Waals surface area contributed by atoms with Gasteiger partial charge in [0.05, 0.1) is 6.61 Å². The summed E-state index contributed by atoms with van der Waals surface area (Å²) in [6, 6.07) is 0. The Labute approximate surface area is 86.3 Å². The first kappa shape index (κ1) is 11.3. The maximum atomic E-state index is 11.2. The minimum Gasteiger partial charge on any atom is -0.463 e. The molecule has 0 amide bonds. The second-order valence-corrected chi connectivity index (χ2v) is 3.98. The monoisotopic (exact) mass is 196 g/mol. The molecule has 2 nitrogen and oxygen atoms in total. The molecule has 0 heterocycles. The number of allylic oxidation sites excluding steroid dienone is 1. The number of esters is 1. The van der Waals surface area contributed by atoms with Crippen LogP contribution in [0.25, 0.3) is 0 Å². The second-order valence-electron chi connectivity index (χ2n) is 3.98. The maximum absolute atomic E-state index is 11.2. The summed E-state index contributed by atoms with van der Waals surface area (Å²) >= 11 is 0. The summed E-state index contributed by atoms with van der Waals surface area (Å²) in [6.45, 7) is 4.35. The van der Waals surface area contributed by atoms with Gasteiger partial charge in [-0.05, 0) is 32.6 Å². The van der Waals surface area contributed by atoms with Crippen molar-refractivity contribution in [3.05, 3.63) is 11.6 Å². The molecule has 2 heteroatoms. The Morgan fingerprint density at radius 3 is 2.57 bits per heavy atom.